The van der Waals surface area contributed by atoms with Gasteiger partial charge in [0.05, 0.1) is 7.11 Å². The molecule has 0 amide bonds. The molecular weight excluding hydrogens is 316 g/mol. The second-order valence-electron chi connectivity index (χ2n) is 5.66. The Kier molecular flexibility index (Phi) is 5.58. The Balaban J connectivity index is 2.10. The van der Waals surface area contributed by atoms with Crippen LogP contribution in [-0.4, -0.2) is 32.2 Å². The maximum atomic E-state index is 9.57. The van der Waals surface area contributed by atoms with E-state index in [0.29, 0.717) is 12.3 Å². The molecule has 131 valence electrons. The van der Waals surface area contributed by atoms with Crippen LogP contribution >= 0.6 is 0 Å². The van der Waals surface area contributed by atoms with E-state index >= 15 is 0 Å². The highest BCUT2D eigenvalue weighted by Crippen LogP contribution is 2.36. The Morgan fingerprint density at radius 1 is 0.920 bits per heavy atom. The molecule has 2 aromatic rings. The molecule has 1 N–H and O–H groups in total. The summed E-state index contributed by atoms with van der Waals surface area (Å²) in [5.41, 5.74) is 2.87. The Morgan fingerprint density at radius 2 is 1.52 bits per heavy atom. The van der Waals surface area contributed by atoms with Crippen LogP contribution in [0.2, 0.25) is 0 Å². The fourth-order valence-electron chi connectivity index (χ4n) is 3.08. The second-order valence-corrected chi connectivity index (χ2v) is 5.66. The Bertz CT molecular complexity index is 703. The van der Waals surface area contributed by atoms with E-state index in [4.69, 9.17) is 9.47 Å². The molecule has 0 saturated carbocycles. The molecule has 1 atom stereocenters. The van der Waals surface area contributed by atoms with Crippen LogP contribution in [0.5, 0.6) is 0 Å². The molecule has 5 heteroatoms. The van der Waals surface area contributed by atoms with Gasteiger partial charge in [-0.2, -0.15) is 0 Å². The minimum absolute atomic E-state index is 0.0211. The van der Waals surface area contributed by atoms with Crippen molar-refractivity contribution in [3.05, 3.63) is 78.8 Å². The first kappa shape index (κ1) is 17.3. The first-order valence-electron chi connectivity index (χ1n) is 8.23. The smallest absolute Gasteiger partial charge is 0.199 e. The van der Waals surface area contributed by atoms with E-state index in [1.165, 1.54) is 0 Å². The quantitative estimate of drug-likeness (QED) is 0.874. The topological polar surface area (TPSA) is 45.2 Å². The third-order valence-corrected chi connectivity index (χ3v) is 4.17. The second kappa shape index (κ2) is 8.05. The third-order valence-electron chi connectivity index (χ3n) is 4.17. The minimum atomic E-state index is -0.343. The van der Waals surface area contributed by atoms with Gasteiger partial charge in [0.15, 0.2) is 18.8 Å². The molecule has 1 radical (unpaired) electrons. The maximum Gasteiger partial charge on any atom is 0.199 e. The molecule has 0 saturated heterocycles. The Labute approximate surface area is 148 Å². The van der Waals surface area contributed by atoms with Crippen LogP contribution in [0.4, 0.5) is 11.4 Å². The predicted molar refractivity (Wildman–Crippen MR) is 98.7 cm³/mol. The molecule has 3 rings (SSSR count). The number of aliphatic hydroxyl groups is 1. The number of anilines is 2. The van der Waals surface area contributed by atoms with Crippen molar-refractivity contribution in [1.82, 2.24) is 0 Å². The Hall–Kier alpha value is -2.50. The number of ether oxygens (including phenoxy) is 2. The van der Waals surface area contributed by atoms with Gasteiger partial charge in [-0.15, -0.1) is 0 Å². The fraction of sp³-hybridized carbons (Fsp3) is 0.250. The number of para-hydroxylation sites is 2. The number of aliphatic hydroxyl groups excluding tert-OH is 1. The first-order valence-corrected chi connectivity index (χ1v) is 8.23. The van der Waals surface area contributed by atoms with Crippen LogP contribution < -0.4 is 9.80 Å². The van der Waals surface area contributed by atoms with Gasteiger partial charge < -0.3 is 19.5 Å². The zero-order valence-corrected chi connectivity index (χ0v) is 14.5. The van der Waals surface area contributed by atoms with Crippen LogP contribution in [0.15, 0.2) is 72.1 Å². The maximum absolute atomic E-state index is 9.57. The van der Waals surface area contributed by atoms with Gasteiger partial charge in [-0.3, -0.25) is 4.90 Å². The van der Waals surface area contributed by atoms with Gasteiger partial charge in [-0.1, -0.05) is 36.4 Å². The van der Waals surface area contributed by atoms with Crippen molar-refractivity contribution in [2.24, 2.45) is 0 Å². The van der Waals surface area contributed by atoms with Crippen LogP contribution in [0.3, 0.4) is 0 Å². The SMILES string of the molecule is COC1=C(CCO)C(OC)N(c2ccccc2)[CH]N1c1ccccc1. The van der Waals surface area contributed by atoms with Gasteiger partial charge in [0.2, 0.25) is 0 Å². The molecule has 1 aliphatic rings. The largest absolute Gasteiger partial charge is 0.482 e. The number of methoxy groups -OCH3 is 2. The van der Waals surface area contributed by atoms with Crippen LogP contribution in [0.25, 0.3) is 0 Å². The van der Waals surface area contributed by atoms with Gasteiger partial charge in [0.25, 0.3) is 0 Å². The van der Waals surface area contributed by atoms with Crippen molar-refractivity contribution < 1.29 is 14.6 Å². The third kappa shape index (κ3) is 3.48. The molecule has 0 fully saturated rings. The molecule has 0 bridgehead atoms. The summed E-state index contributed by atoms with van der Waals surface area (Å²) in [6.45, 7) is 1.99. The Morgan fingerprint density at radius 3 is 2.04 bits per heavy atom. The highest BCUT2D eigenvalue weighted by atomic mass is 16.5. The summed E-state index contributed by atoms with van der Waals surface area (Å²) >= 11 is 0. The summed E-state index contributed by atoms with van der Waals surface area (Å²) in [5.74, 6) is 0.680. The number of nitrogens with zero attached hydrogens (tertiary/aromatic N) is 2. The van der Waals surface area contributed by atoms with Crippen molar-refractivity contribution in [3.8, 4) is 0 Å². The van der Waals surface area contributed by atoms with Crippen molar-refractivity contribution in [2.75, 3.05) is 30.6 Å². The molecule has 1 unspecified atom stereocenters. The molecule has 5 nitrogen and oxygen atoms in total. The van der Waals surface area contributed by atoms with Crippen molar-refractivity contribution >= 4 is 11.4 Å². The molecule has 0 aliphatic carbocycles. The normalized spacial score (nSPS) is 17.8. The molecule has 2 aromatic carbocycles. The summed E-state index contributed by atoms with van der Waals surface area (Å²) in [6, 6.07) is 20.0. The van der Waals surface area contributed by atoms with Gasteiger partial charge in [-0.05, 0) is 24.3 Å². The molecule has 1 heterocycles. The van der Waals surface area contributed by atoms with Crippen molar-refractivity contribution in [2.45, 2.75) is 12.6 Å². The first-order chi connectivity index (χ1) is 12.3. The zero-order valence-electron chi connectivity index (χ0n) is 14.5. The lowest BCUT2D eigenvalue weighted by Gasteiger charge is -2.43. The number of rotatable bonds is 6. The minimum Gasteiger partial charge on any atom is -0.482 e. The van der Waals surface area contributed by atoms with Crippen LogP contribution in [-0.2, 0) is 9.47 Å². The van der Waals surface area contributed by atoms with E-state index in [2.05, 4.69) is 0 Å². The van der Waals surface area contributed by atoms with Gasteiger partial charge in [0.1, 0.15) is 0 Å². The zero-order chi connectivity index (χ0) is 17.6. The van der Waals surface area contributed by atoms with E-state index in [1.54, 1.807) is 14.2 Å². The van der Waals surface area contributed by atoms with E-state index in [0.717, 1.165) is 16.9 Å². The molecule has 1 aliphatic heterocycles. The lowest BCUT2D eigenvalue weighted by Crippen LogP contribution is -2.48. The average Bonchev–Trinajstić information content (AvgIpc) is 2.68. The van der Waals surface area contributed by atoms with E-state index in [-0.39, 0.29) is 12.8 Å². The highest BCUT2D eigenvalue weighted by Gasteiger charge is 2.36. The van der Waals surface area contributed by atoms with Crippen molar-refractivity contribution in [3.63, 3.8) is 0 Å². The van der Waals surface area contributed by atoms with Gasteiger partial charge >= 0.3 is 0 Å². The number of benzene rings is 2. The molecule has 0 aromatic heterocycles. The lowest BCUT2D eigenvalue weighted by molar-refractivity contribution is 0.110. The summed E-state index contributed by atoms with van der Waals surface area (Å²) in [5, 5.41) is 9.57. The van der Waals surface area contributed by atoms with Crippen LogP contribution in [0.1, 0.15) is 6.42 Å². The van der Waals surface area contributed by atoms with E-state index in [1.807, 2.05) is 77.1 Å². The van der Waals surface area contributed by atoms with E-state index in [9.17, 15) is 5.11 Å². The average molecular weight is 339 g/mol. The fourth-order valence-corrected chi connectivity index (χ4v) is 3.08. The molecule has 0 spiro atoms. The summed E-state index contributed by atoms with van der Waals surface area (Å²) in [4.78, 5) is 4.02. The molecule has 25 heavy (non-hydrogen) atoms. The van der Waals surface area contributed by atoms with Crippen LogP contribution in [0, 0.1) is 6.67 Å². The summed E-state index contributed by atoms with van der Waals surface area (Å²) in [6.07, 6.45) is 0.117. The summed E-state index contributed by atoms with van der Waals surface area (Å²) in [7, 11) is 3.30. The van der Waals surface area contributed by atoms with Crippen molar-refractivity contribution in [1.29, 1.82) is 0 Å². The predicted octanol–water partition coefficient (Wildman–Crippen LogP) is 3.35. The molecular formula is C20H23N2O3. The highest BCUT2D eigenvalue weighted by molar-refractivity contribution is 5.62. The standard InChI is InChI=1S/C20H23N2O3/c1-24-19-18(13-14-23)20(25-2)22(17-11-7-4-8-12-17)15-21(19)16-9-5-3-6-10-16/h3-12,15,19,23H,13-14H2,1-2H3. The number of hydrogen-bond donors (Lipinski definition) is 1. The lowest BCUT2D eigenvalue weighted by atomic mass is 10.1. The monoisotopic (exact) mass is 339 g/mol. The summed E-state index contributed by atoms with van der Waals surface area (Å²) < 4.78 is 11.5. The number of hydrogen-bond acceptors (Lipinski definition) is 5. The van der Waals surface area contributed by atoms with Gasteiger partial charge in [0, 0.05) is 37.1 Å². The van der Waals surface area contributed by atoms with E-state index < -0.39 is 0 Å². The van der Waals surface area contributed by atoms with Gasteiger partial charge in [-0.25, -0.2) is 0 Å².